The fraction of sp³-hybridized carbons (Fsp3) is 0.375. The molecular weight excluding hydrogens is 356 g/mol. The highest BCUT2D eigenvalue weighted by atomic mass is 35.5. The molecule has 0 atom stereocenters. The van der Waals surface area contributed by atoms with Gasteiger partial charge in [0.05, 0.1) is 12.7 Å². The van der Waals surface area contributed by atoms with Gasteiger partial charge in [0.1, 0.15) is 0 Å². The van der Waals surface area contributed by atoms with E-state index >= 15 is 0 Å². The highest BCUT2D eigenvalue weighted by Gasteiger charge is 2.50. The number of fused-ring (bicyclic) bond motifs is 2. The van der Waals surface area contributed by atoms with E-state index in [9.17, 15) is 4.79 Å². The molecule has 0 heterocycles. The lowest BCUT2D eigenvalue weighted by molar-refractivity contribution is 0.0600. The normalized spacial score (nSPS) is 18.7. The van der Waals surface area contributed by atoms with Crippen molar-refractivity contribution in [1.29, 1.82) is 0 Å². The summed E-state index contributed by atoms with van der Waals surface area (Å²) in [6, 6.07) is 11.8. The third kappa shape index (κ3) is 3.00. The molecule has 2 aliphatic rings. The molecule has 0 unspecified atom stereocenters. The first-order chi connectivity index (χ1) is 12.8. The van der Waals surface area contributed by atoms with Gasteiger partial charge < -0.3 is 4.74 Å². The summed E-state index contributed by atoms with van der Waals surface area (Å²) in [5.74, 6) is -0.336. The molecule has 0 N–H and O–H groups in total. The van der Waals surface area contributed by atoms with Crippen LogP contribution in [-0.4, -0.2) is 13.1 Å². The Balaban J connectivity index is 1.74. The van der Waals surface area contributed by atoms with Crippen molar-refractivity contribution >= 4 is 23.1 Å². The molecule has 0 saturated heterocycles. The number of esters is 1. The molecule has 4 rings (SSSR count). The lowest BCUT2D eigenvalue weighted by Crippen LogP contribution is -2.30. The van der Waals surface area contributed by atoms with Crippen LogP contribution in [-0.2, 0) is 15.6 Å². The van der Waals surface area contributed by atoms with E-state index in [0.29, 0.717) is 11.0 Å². The van der Waals surface area contributed by atoms with Crippen LogP contribution in [0.3, 0.4) is 0 Å². The van der Waals surface area contributed by atoms with Crippen molar-refractivity contribution in [2.24, 2.45) is 0 Å². The largest absolute Gasteiger partial charge is 0.465 e. The molecule has 0 radical (unpaired) electrons. The average molecular weight is 381 g/mol. The highest BCUT2D eigenvalue weighted by molar-refractivity contribution is 6.32. The number of hydrogen-bond donors (Lipinski definition) is 0. The van der Waals surface area contributed by atoms with Gasteiger partial charge in [0, 0.05) is 10.6 Å². The Hall–Kier alpha value is -2.06. The monoisotopic (exact) mass is 380 g/mol. The highest BCUT2D eigenvalue weighted by Crippen LogP contribution is 2.59. The first-order valence-electron chi connectivity index (χ1n) is 9.50. The van der Waals surface area contributed by atoms with Crippen molar-refractivity contribution < 1.29 is 9.53 Å². The second-order valence-corrected chi connectivity index (χ2v) is 9.00. The van der Waals surface area contributed by atoms with E-state index in [1.54, 1.807) is 12.1 Å². The van der Waals surface area contributed by atoms with Crippen LogP contribution < -0.4 is 0 Å². The van der Waals surface area contributed by atoms with Gasteiger partial charge in [-0.05, 0) is 83.0 Å². The molecule has 0 aromatic heterocycles. The summed E-state index contributed by atoms with van der Waals surface area (Å²) in [5, 5.41) is 0.751. The number of methoxy groups -OCH3 is 1. The zero-order chi connectivity index (χ0) is 19.4. The maximum absolute atomic E-state index is 11.7. The van der Waals surface area contributed by atoms with Crippen LogP contribution in [0.15, 0.2) is 43.0 Å². The Kier molecular flexibility index (Phi) is 4.23. The average Bonchev–Trinajstić information content (AvgIpc) is 3.45. The fourth-order valence-corrected chi connectivity index (χ4v) is 4.65. The Bertz CT molecular complexity index is 934. The Labute approximate surface area is 166 Å². The van der Waals surface area contributed by atoms with Crippen LogP contribution in [0.4, 0.5) is 0 Å². The molecule has 1 spiro atoms. The standard InChI is InChI=1S/C24H25ClO2/c1-15(16-5-7-17(8-6-16)22(26)27-4)18-13-20-19(14-21(18)25)23(2,3)9-10-24(20)11-12-24/h5-8,13-14H,1,9-12H2,2-4H3. The van der Waals surface area contributed by atoms with Crippen LogP contribution in [0, 0.1) is 0 Å². The summed E-state index contributed by atoms with van der Waals surface area (Å²) >= 11 is 6.72. The van der Waals surface area contributed by atoms with E-state index in [1.165, 1.54) is 43.9 Å². The number of carbonyl (C=O) groups excluding carboxylic acids is 1. The third-order valence-corrected chi connectivity index (χ3v) is 6.78. The summed E-state index contributed by atoms with van der Waals surface area (Å²) in [7, 11) is 1.39. The summed E-state index contributed by atoms with van der Waals surface area (Å²) in [4.78, 5) is 11.7. The first kappa shape index (κ1) is 18.3. The van der Waals surface area contributed by atoms with Gasteiger partial charge in [-0.3, -0.25) is 0 Å². The zero-order valence-electron chi connectivity index (χ0n) is 16.2. The molecule has 0 bridgehead atoms. The number of ether oxygens (including phenoxy) is 1. The van der Waals surface area contributed by atoms with E-state index in [1.807, 2.05) is 12.1 Å². The molecule has 2 aromatic carbocycles. The van der Waals surface area contributed by atoms with Gasteiger partial charge >= 0.3 is 5.97 Å². The minimum Gasteiger partial charge on any atom is -0.465 e. The number of hydrogen-bond acceptors (Lipinski definition) is 2. The molecule has 2 aliphatic carbocycles. The molecule has 140 valence electrons. The van der Waals surface area contributed by atoms with Crippen molar-refractivity contribution in [3.8, 4) is 0 Å². The van der Waals surface area contributed by atoms with Crippen LogP contribution in [0.5, 0.6) is 0 Å². The van der Waals surface area contributed by atoms with E-state index < -0.39 is 0 Å². The van der Waals surface area contributed by atoms with Crippen LogP contribution >= 0.6 is 11.6 Å². The van der Waals surface area contributed by atoms with Crippen molar-refractivity contribution in [3.63, 3.8) is 0 Å². The van der Waals surface area contributed by atoms with Crippen LogP contribution in [0.25, 0.3) is 5.57 Å². The van der Waals surface area contributed by atoms with Gasteiger partial charge in [0.2, 0.25) is 0 Å². The van der Waals surface area contributed by atoms with Gasteiger partial charge in [-0.25, -0.2) is 4.79 Å². The van der Waals surface area contributed by atoms with Gasteiger partial charge in [0.25, 0.3) is 0 Å². The summed E-state index contributed by atoms with van der Waals surface area (Å²) < 4.78 is 4.77. The van der Waals surface area contributed by atoms with E-state index in [-0.39, 0.29) is 11.4 Å². The van der Waals surface area contributed by atoms with Crippen LogP contribution in [0.2, 0.25) is 5.02 Å². The van der Waals surface area contributed by atoms with Crippen molar-refractivity contribution in [2.75, 3.05) is 7.11 Å². The molecule has 0 amide bonds. The van der Waals surface area contributed by atoms with Crippen molar-refractivity contribution in [1.82, 2.24) is 0 Å². The predicted molar refractivity (Wildman–Crippen MR) is 111 cm³/mol. The smallest absolute Gasteiger partial charge is 0.337 e. The maximum Gasteiger partial charge on any atom is 0.337 e. The topological polar surface area (TPSA) is 26.3 Å². The molecule has 1 fully saturated rings. The Morgan fingerprint density at radius 3 is 2.19 bits per heavy atom. The number of benzene rings is 2. The minimum atomic E-state index is -0.336. The number of halogens is 1. The van der Waals surface area contributed by atoms with Crippen molar-refractivity contribution in [2.45, 2.75) is 50.4 Å². The zero-order valence-corrected chi connectivity index (χ0v) is 17.0. The lowest BCUT2D eigenvalue weighted by atomic mass is 9.66. The van der Waals surface area contributed by atoms with E-state index in [4.69, 9.17) is 16.3 Å². The summed E-state index contributed by atoms with van der Waals surface area (Å²) in [5.41, 5.74) is 6.75. The second-order valence-electron chi connectivity index (χ2n) is 8.59. The minimum absolute atomic E-state index is 0.162. The van der Waals surface area contributed by atoms with Gasteiger partial charge in [0.15, 0.2) is 0 Å². The van der Waals surface area contributed by atoms with E-state index in [2.05, 4.69) is 32.6 Å². The number of carbonyl (C=O) groups is 1. The second kappa shape index (κ2) is 6.24. The van der Waals surface area contributed by atoms with Crippen molar-refractivity contribution in [3.05, 3.63) is 75.8 Å². The van der Waals surface area contributed by atoms with Gasteiger partial charge in [-0.1, -0.05) is 44.2 Å². The molecule has 0 aliphatic heterocycles. The first-order valence-corrected chi connectivity index (χ1v) is 9.88. The van der Waals surface area contributed by atoms with Gasteiger partial charge in [-0.2, -0.15) is 0 Å². The molecular formula is C24H25ClO2. The molecule has 3 heteroatoms. The maximum atomic E-state index is 11.7. The molecule has 27 heavy (non-hydrogen) atoms. The molecule has 1 saturated carbocycles. The van der Waals surface area contributed by atoms with Gasteiger partial charge in [-0.15, -0.1) is 0 Å². The molecule has 2 aromatic rings. The fourth-order valence-electron chi connectivity index (χ4n) is 4.38. The third-order valence-electron chi connectivity index (χ3n) is 6.47. The Morgan fingerprint density at radius 2 is 1.59 bits per heavy atom. The lowest BCUT2D eigenvalue weighted by Gasteiger charge is -2.38. The SMILES string of the molecule is C=C(c1ccc(C(=O)OC)cc1)c1cc2c(cc1Cl)C(C)(C)CCC21CC1. The summed E-state index contributed by atoms with van der Waals surface area (Å²) in [6.45, 7) is 8.94. The quantitative estimate of drug-likeness (QED) is 0.585. The number of rotatable bonds is 3. The predicted octanol–water partition coefficient (Wildman–Crippen LogP) is 6.29. The molecule has 2 nitrogen and oxygen atoms in total. The van der Waals surface area contributed by atoms with E-state index in [0.717, 1.165) is 21.7 Å². The summed E-state index contributed by atoms with van der Waals surface area (Å²) in [6.07, 6.45) is 5.02. The Morgan fingerprint density at radius 1 is 1.00 bits per heavy atom. The van der Waals surface area contributed by atoms with Crippen LogP contribution in [0.1, 0.15) is 72.1 Å².